The molecule has 4 nitrogen and oxygen atoms in total. The van der Waals surface area contributed by atoms with E-state index in [2.05, 4.69) is 31.2 Å². The van der Waals surface area contributed by atoms with E-state index in [1.165, 1.54) is 5.56 Å². The molecule has 1 aromatic rings. The molecule has 1 fully saturated rings. The van der Waals surface area contributed by atoms with E-state index in [-0.39, 0.29) is 12.1 Å². The van der Waals surface area contributed by atoms with Gasteiger partial charge in [0.15, 0.2) is 0 Å². The maximum atomic E-state index is 12.4. The lowest BCUT2D eigenvalue weighted by molar-refractivity contribution is -0.0202. The molecule has 1 heterocycles. The first-order chi connectivity index (χ1) is 10.2. The molecule has 2 rings (SSSR count). The average molecular weight is 290 g/mol. The van der Waals surface area contributed by atoms with E-state index in [1.807, 2.05) is 23.6 Å². The van der Waals surface area contributed by atoms with Gasteiger partial charge in [-0.1, -0.05) is 31.2 Å². The molecule has 1 unspecified atom stereocenters. The second kappa shape index (κ2) is 7.46. The molecule has 0 N–H and O–H groups in total. The standard InChI is InChI=1S/C17H26N2O2/c1-4-14-7-9-15(10-8-14)16-13-19(11-12-21-16)17(20)18(5-2)6-3/h7-10,16H,4-6,11-13H2,1-3H3. The van der Waals surface area contributed by atoms with Gasteiger partial charge in [0.2, 0.25) is 0 Å². The smallest absolute Gasteiger partial charge is 0.320 e. The maximum absolute atomic E-state index is 12.4. The Hall–Kier alpha value is -1.55. The van der Waals surface area contributed by atoms with Crippen LogP contribution in [0.15, 0.2) is 24.3 Å². The van der Waals surface area contributed by atoms with Crippen LogP contribution in [0, 0.1) is 0 Å². The van der Waals surface area contributed by atoms with Crippen molar-refractivity contribution in [1.82, 2.24) is 9.80 Å². The third-order valence-electron chi connectivity index (χ3n) is 4.13. The Morgan fingerprint density at radius 3 is 2.48 bits per heavy atom. The summed E-state index contributed by atoms with van der Waals surface area (Å²) >= 11 is 0. The van der Waals surface area contributed by atoms with Crippen LogP contribution in [0.2, 0.25) is 0 Å². The van der Waals surface area contributed by atoms with Crippen molar-refractivity contribution >= 4 is 6.03 Å². The molecule has 1 saturated heterocycles. The minimum Gasteiger partial charge on any atom is -0.370 e. The number of morpholine rings is 1. The van der Waals surface area contributed by atoms with Crippen LogP contribution in [0.3, 0.4) is 0 Å². The Labute approximate surface area is 127 Å². The third-order valence-corrected chi connectivity index (χ3v) is 4.13. The fourth-order valence-corrected chi connectivity index (χ4v) is 2.69. The molecule has 0 bridgehead atoms. The summed E-state index contributed by atoms with van der Waals surface area (Å²) in [5.41, 5.74) is 2.48. The number of carbonyl (C=O) groups is 1. The predicted octanol–water partition coefficient (Wildman–Crippen LogP) is 3.08. The summed E-state index contributed by atoms with van der Waals surface area (Å²) in [6.07, 6.45) is 1.03. The van der Waals surface area contributed by atoms with Crippen molar-refractivity contribution in [3.63, 3.8) is 0 Å². The predicted molar refractivity (Wildman–Crippen MR) is 84.4 cm³/mol. The average Bonchev–Trinajstić information content (AvgIpc) is 2.56. The molecular formula is C17H26N2O2. The first kappa shape index (κ1) is 15.8. The second-order valence-electron chi connectivity index (χ2n) is 5.36. The van der Waals surface area contributed by atoms with Gasteiger partial charge in [0, 0.05) is 19.6 Å². The lowest BCUT2D eigenvalue weighted by Crippen LogP contribution is -2.48. The highest BCUT2D eigenvalue weighted by Crippen LogP contribution is 2.23. The summed E-state index contributed by atoms with van der Waals surface area (Å²) in [6.45, 7) is 9.61. The summed E-state index contributed by atoms with van der Waals surface area (Å²) in [6, 6.07) is 8.65. The van der Waals surface area contributed by atoms with Crippen molar-refractivity contribution in [3.05, 3.63) is 35.4 Å². The lowest BCUT2D eigenvalue weighted by atomic mass is 10.0. The Morgan fingerprint density at radius 2 is 1.90 bits per heavy atom. The van der Waals surface area contributed by atoms with Crippen molar-refractivity contribution in [2.75, 3.05) is 32.8 Å². The molecule has 116 valence electrons. The van der Waals surface area contributed by atoms with Gasteiger partial charge in [-0.05, 0) is 31.4 Å². The van der Waals surface area contributed by atoms with Crippen LogP contribution < -0.4 is 0 Å². The first-order valence-corrected chi connectivity index (χ1v) is 7.93. The topological polar surface area (TPSA) is 32.8 Å². The molecule has 21 heavy (non-hydrogen) atoms. The van der Waals surface area contributed by atoms with Gasteiger partial charge in [-0.2, -0.15) is 0 Å². The fourth-order valence-electron chi connectivity index (χ4n) is 2.69. The molecule has 0 saturated carbocycles. The molecule has 1 aliphatic heterocycles. The zero-order valence-corrected chi connectivity index (χ0v) is 13.3. The van der Waals surface area contributed by atoms with E-state index in [4.69, 9.17) is 4.74 Å². The van der Waals surface area contributed by atoms with Crippen LogP contribution in [-0.2, 0) is 11.2 Å². The molecular weight excluding hydrogens is 264 g/mol. The van der Waals surface area contributed by atoms with E-state index in [9.17, 15) is 4.79 Å². The first-order valence-electron chi connectivity index (χ1n) is 7.93. The summed E-state index contributed by atoms with van der Waals surface area (Å²) in [5.74, 6) is 0. The second-order valence-corrected chi connectivity index (χ2v) is 5.36. The van der Waals surface area contributed by atoms with Crippen LogP contribution in [0.1, 0.15) is 38.0 Å². The molecule has 2 amide bonds. The molecule has 4 heteroatoms. The Kier molecular flexibility index (Phi) is 5.62. The van der Waals surface area contributed by atoms with Crippen LogP contribution in [0.4, 0.5) is 4.79 Å². The van der Waals surface area contributed by atoms with E-state index >= 15 is 0 Å². The zero-order chi connectivity index (χ0) is 15.2. The van der Waals surface area contributed by atoms with Crippen molar-refractivity contribution in [2.24, 2.45) is 0 Å². The number of rotatable bonds is 4. The number of hydrogen-bond acceptors (Lipinski definition) is 2. The van der Waals surface area contributed by atoms with Crippen molar-refractivity contribution in [2.45, 2.75) is 33.3 Å². The minimum atomic E-state index is -0.0100. The molecule has 0 aromatic heterocycles. The number of nitrogens with zero attached hydrogens (tertiary/aromatic N) is 2. The number of carbonyl (C=O) groups excluding carboxylic acids is 1. The van der Waals surface area contributed by atoms with E-state index in [0.29, 0.717) is 19.7 Å². The van der Waals surface area contributed by atoms with Crippen LogP contribution in [0.5, 0.6) is 0 Å². The summed E-state index contributed by atoms with van der Waals surface area (Å²) in [7, 11) is 0. The number of ether oxygens (including phenoxy) is 1. The highest BCUT2D eigenvalue weighted by Gasteiger charge is 2.27. The Bertz CT molecular complexity index is 454. The number of aryl methyl sites for hydroxylation is 1. The fraction of sp³-hybridized carbons (Fsp3) is 0.588. The van der Waals surface area contributed by atoms with Crippen LogP contribution >= 0.6 is 0 Å². The molecule has 0 radical (unpaired) electrons. The minimum absolute atomic E-state index is 0.0100. The number of amides is 2. The van der Waals surface area contributed by atoms with Crippen molar-refractivity contribution in [3.8, 4) is 0 Å². The number of hydrogen-bond donors (Lipinski definition) is 0. The van der Waals surface area contributed by atoms with E-state index < -0.39 is 0 Å². The van der Waals surface area contributed by atoms with Crippen LogP contribution in [0.25, 0.3) is 0 Å². The monoisotopic (exact) mass is 290 g/mol. The van der Waals surface area contributed by atoms with Gasteiger partial charge < -0.3 is 14.5 Å². The van der Waals surface area contributed by atoms with Gasteiger partial charge in [0.1, 0.15) is 6.10 Å². The van der Waals surface area contributed by atoms with Gasteiger partial charge in [0.25, 0.3) is 0 Å². The highest BCUT2D eigenvalue weighted by atomic mass is 16.5. The molecule has 0 spiro atoms. The van der Waals surface area contributed by atoms with Crippen LogP contribution in [-0.4, -0.2) is 48.6 Å². The summed E-state index contributed by atoms with van der Waals surface area (Å²) < 4.78 is 5.85. The quantitative estimate of drug-likeness (QED) is 0.853. The van der Waals surface area contributed by atoms with Gasteiger partial charge in [-0.3, -0.25) is 0 Å². The summed E-state index contributed by atoms with van der Waals surface area (Å²) in [4.78, 5) is 16.2. The normalized spacial score (nSPS) is 18.6. The zero-order valence-electron chi connectivity index (χ0n) is 13.3. The van der Waals surface area contributed by atoms with E-state index in [0.717, 1.165) is 25.1 Å². The summed E-state index contributed by atoms with van der Waals surface area (Å²) in [5, 5.41) is 0. The van der Waals surface area contributed by atoms with E-state index in [1.54, 1.807) is 0 Å². The molecule has 1 aromatic carbocycles. The van der Waals surface area contributed by atoms with Crippen molar-refractivity contribution in [1.29, 1.82) is 0 Å². The Balaban J connectivity index is 2.04. The highest BCUT2D eigenvalue weighted by molar-refractivity contribution is 5.74. The molecule has 1 aliphatic rings. The van der Waals surface area contributed by atoms with Gasteiger partial charge in [-0.25, -0.2) is 4.79 Å². The SMILES string of the molecule is CCc1ccc(C2CN(C(=O)N(CC)CC)CCO2)cc1. The maximum Gasteiger partial charge on any atom is 0.320 e. The van der Waals surface area contributed by atoms with Gasteiger partial charge in [0.05, 0.1) is 13.2 Å². The largest absolute Gasteiger partial charge is 0.370 e. The number of urea groups is 1. The van der Waals surface area contributed by atoms with Gasteiger partial charge in [-0.15, -0.1) is 0 Å². The van der Waals surface area contributed by atoms with Gasteiger partial charge >= 0.3 is 6.03 Å². The lowest BCUT2D eigenvalue weighted by Gasteiger charge is -2.36. The third kappa shape index (κ3) is 3.76. The molecule has 1 atom stereocenters. The number of benzene rings is 1. The Morgan fingerprint density at radius 1 is 1.24 bits per heavy atom. The van der Waals surface area contributed by atoms with Crippen molar-refractivity contribution < 1.29 is 9.53 Å². The molecule has 0 aliphatic carbocycles.